The number of aromatic nitrogens is 2. The van der Waals surface area contributed by atoms with E-state index < -0.39 is 23.1 Å². The molecule has 2 rings (SSSR count). The van der Waals surface area contributed by atoms with E-state index in [1.807, 2.05) is 0 Å². The molecule has 2 aromatic heterocycles. The molecule has 2 heterocycles. The second-order valence-electron chi connectivity index (χ2n) is 4.98. The summed E-state index contributed by atoms with van der Waals surface area (Å²) in [6.45, 7) is 4.39. The normalized spacial score (nSPS) is 10.4. The second-order valence-corrected chi connectivity index (χ2v) is 4.98. The van der Waals surface area contributed by atoms with Gasteiger partial charge in [0.2, 0.25) is 11.5 Å². The van der Waals surface area contributed by atoms with Crippen LogP contribution < -0.4 is 4.74 Å². The Morgan fingerprint density at radius 3 is 2.65 bits per heavy atom. The maximum atomic E-state index is 12.3. The number of nitrogens with one attached hydrogen (secondary N) is 1. The van der Waals surface area contributed by atoms with Crippen LogP contribution in [-0.4, -0.2) is 33.1 Å². The van der Waals surface area contributed by atoms with Gasteiger partial charge in [-0.05, 0) is 48.4 Å². The minimum absolute atomic E-state index is 0.0847. The Bertz CT molecular complexity index is 794. The van der Waals surface area contributed by atoms with Crippen molar-refractivity contribution in [1.29, 1.82) is 0 Å². The van der Waals surface area contributed by atoms with Gasteiger partial charge in [0, 0.05) is 11.3 Å². The molecule has 23 heavy (non-hydrogen) atoms. The molecule has 0 radical (unpaired) electrons. The SMILES string of the molecule is CC(=O)c1c(C)[nH]c(C(=O)COc2cccnc2[N+](=O)[O-])c1C. The monoisotopic (exact) mass is 317 g/mol. The van der Waals surface area contributed by atoms with Gasteiger partial charge in [0.1, 0.15) is 6.20 Å². The average Bonchev–Trinajstić information content (AvgIpc) is 2.80. The fraction of sp³-hybridized carbons (Fsp3) is 0.267. The molecule has 0 aliphatic heterocycles. The van der Waals surface area contributed by atoms with Crippen molar-refractivity contribution >= 4 is 17.4 Å². The first-order valence-corrected chi connectivity index (χ1v) is 6.78. The lowest BCUT2D eigenvalue weighted by Gasteiger charge is -2.05. The number of aryl methyl sites for hydroxylation is 1. The van der Waals surface area contributed by atoms with E-state index in [4.69, 9.17) is 4.74 Å². The number of ether oxygens (including phenoxy) is 1. The zero-order valence-electron chi connectivity index (χ0n) is 12.9. The van der Waals surface area contributed by atoms with Crippen LogP contribution in [-0.2, 0) is 0 Å². The first-order chi connectivity index (χ1) is 10.8. The lowest BCUT2D eigenvalue weighted by atomic mass is 10.1. The van der Waals surface area contributed by atoms with Gasteiger partial charge >= 0.3 is 5.82 Å². The van der Waals surface area contributed by atoms with E-state index in [-0.39, 0.29) is 17.2 Å². The van der Waals surface area contributed by atoms with Gasteiger partial charge < -0.3 is 19.8 Å². The fourth-order valence-electron chi connectivity index (χ4n) is 2.40. The minimum atomic E-state index is -0.683. The van der Waals surface area contributed by atoms with Crippen LogP contribution in [0.4, 0.5) is 5.82 Å². The average molecular weight is 317 g/mol. The summed E-state index contributed by atoms with van der Waals surface area (Å²) in [7, 11) is 0. The van der Waals surface area contributed by atoms with E-state index in [1.165, 1.54) is 25.3 Å². The Hall–Kier alpha value is -3.03. The molecule has 0 aliphatic rings. The molecule has 120 valence electrons. The molecule has 0 aromatic carbocycles. The Kier molecular flexibility index (Phi) is 4.54. The Labute approximate surface area is 131 Å². The van der Waals surface area contributed by atoms with Gasteiger partial charge in [0.05, 0.1) is 5.69 Å². The van der Waals surface area contributed by atoms with Crippen molar-refractivity contribution in [3.8, 4) is 5.75 Å². The molecule has 1 N–H and O–H groups in total. The van der Waals surface area contributed by atoms with Crippen LogP contribution >= 0.6 is 0 Å². The summed E-state index contributed by atoms with van der Waals surface area (Å²) in [6, 6.07) is 2.84. The van der Waals surface area contributed by atoms with Crippen LogP contribution in [0, 0.1) is 24.0 Å². The van der Waals surface area contributed by atoms with Crippen molar-refractivity contribution in [1.82, 2.24) is 9.97 Å². The molecule has 0 spiro atoms. The lowest BCUT2D eigenvalue weighted by Crippen LogP contribution is -2.14. The molecule has 0 amide bonds. The topological polar surface area (TPSA) is 115 Å². The molecule has 0 fully saturated rings. The molecule has 0 unspecified atom stereocenters. The number of nitrogens with zero attached hydrogens (tertiary/aromatic N) is 2. The summed E-state index contributed by atoms with van der Waals surface area (Å²) >= 11 is 0. The molecular formula is C15H15N3O5. The number of aromatic amines is 1. The van der Waals surface area contributed by atoms with Crippen molar-refractivity contribution in [3.63, 3.8) is 0 Å². The van der Waals surface area contributed by atoms with Crippen LogP contribution in [0.1, 0.15) is 39.0 Å². The Morgan fingerprint density at radius 1 is 1.39 bits per heavy atom. The number of rotatable bonds is 6. The number of nitro groups is 1. The molecule has 8 heteroatoms. The van der Waals surface area contributed by atoms with Gasteiger partial charge in [-0.15, -0.1) is 0 Å². The molecule has 0 saturated carbocycles. The summed E-state index contributed by atoms with van der Waals surface area (Å²) < 4.78 is 5.22. The number of hydrogen-bond acceptors (Lipinski definition) is 6. The third-order valence-electron chi connectivity index (χ3n) is 3.35. The van der Waals surface area contributed by atoms with Crippen LogP contribution in [0.2, 0.25) is 0 Å². The van der Waals surface area contributed by atoms with E-state index in [0.29, 0.717) is 16.8 Å². The summed E-state index contributed by atoms with van der Waals surface area (Å²) in [4.78, 5) is 40.5. The molecule has 0 saturated heterocycles. The minimum Gasteiger partial charge on any atom is -0.477 e. The van der Waals surface area contributed by atoms with E-state index in [9.17, 15) is 19.7 Å². The van der Waals surface area contributed by atoms with Crippen molar-refractivity contribution in [2.24, 2.45) is 0 Å². The van der Waals surface area contributed by atoms with Crippen LogP contribution in [0.15, 0.2) is 18.3 Å². The third-order valence-corrected chi connectivity index (χ3v) is 3.35. The predicted molar refractivity (Wildman–Crippen MR) is 81.0 cm³/mol. The molecule has 0 bridgehead atoms. The molecule has 0 atom stereocenters. The van der Waals surface area contributed by atoms with Crippen LogP contribution in [0.25, 0.3) is 0 Å². The van der Waals surface area contributed by atoms with Crippen LogP contribution in [0.5, 0.6) is 5.75 Å². The Balaban J connectivity index is 2.20. The quantitative estimate of drug-likeness (QED) is 0.497. The number of ketones is 2. The molecule has 8 nitrogen and oxygen atoms in total. The van der Waals surface area contributed by atoms with Crippen molar-refractivity contribution in [2.45, 2.75) is 20.8 Å². The standard InChI is InChI=1S/C15H15N3O5/c1-8-13(10(3)19)9(2)17-14(8)11(20)7-23-12-5-4-6-16-15(12)18(21)22/h4-6,17H,7H2,1-3H3. The smallest absolute Gasteiger partial charge is 0.406 e. The lowest BCUT2D eigenvalue weighted by molar-refractivity contribution is -0.390. The maximum Gasteiger partial charge on any atom is 0.406 e. The van der Waals surface area contributed by atoms with E-state index in [2.05, 4.69) is 9.97 Å². The zero-order valence-corrected chi connectivity index (χ0v) is 12.9. The van der Waals surface area contributed by atoms with Crippen molar-refractivity contribution in [3.05, 3.63) is 51.0 Å². The summed E-state index contributed by atoms with van der Waals surface area (Å²) in [5, 5.41) is 10.8. The van der Waals surface area contributed by atoms with Crippen molar-refractivity contribution in [2.75, 3.05) is 6.61 Å². The number of pyridine rings is 1. The summed E-state index contributed by atoms with van der Waals surface area (Å²) in [6.07, 6.45) is 1.27. The van der Waals surface area contributed by atoms with Gasteiger partial charge in [-0.2, -0.15) is 0 Å². The number of carbonyl (C=O) groups excluding carboxylic acids is 2. The van der Waals surface area contributed by atoms with Gasteiger partial charge in [0.25, 0.3) is 0 Å². The molecule has 2 aromatic rings. The number of Topliss-reactive ketones (excluding diaryl/α,β-unsaturated/α-hetero) is 2. The molecular weight excluding hydrogens is 302 g/mol. The van der Waals surface area contributed by atoms with Gasteiger partial charge in [-0.1, -0.05) is 0 Å². The largest absolute Gasteiger partial charge is 0.477 e. The first kappa shape index (κ1) is 16.3. The van der Waals surface area contributed by atoms with Crippen LogP contribution in [0.3, 0.4) is 0 Å². The first-order valence-electron chi connectivity index (χ1n) is 6.78. The van der Waals surface area contributed by atoms with Gasteiger partial charge in [0.15, 0.2) is 12.4 Å². The zero-order chi connectivity index (χ0) is 17.1. The highest BCUT2D eigenvalue weighted by Gasteiger charge is 2.22. The van der Waals surface area contributed by atoms with E-state index in [1.54, 1.807) is 13.8 Å². The second kappa shape index (κ2) is 6.39. The maximum absolute atomic E-state index is 12.3. The van der Waals surface area contributed by atoms with E-state index in [0.717, 1.165) is 0 Å². The van der Waals surface area contributed by atoms with E-state index >= 15 is 0 Å². The third kappa shape index (κ3) is 3.25. The molecule has 0 aliphatic carbocycles. The number of carbonyl (C=O) groups is 2. The fourth-order valence-corrected chi connectivity index (χ4v) is 2.40. The number of hydrogen-bond donors (Lipinski definition) is 1. The summed E-state index contributed by atoms with van der Waals surface area (Å²) in [5.41, 5.74) is 1.88. The highest BCUT2D eigenvalue weighted by Crippen LogP contribution is 2.24. The van der Waals surface area contributed by atoms with Gasteiger partial charge in [-0.3, -0.25) is 9.59 Å². The van der Waals surface area contributed by atoms with Crippen molar-refractivity contribution < 1.29 is 19.2 Å². The van der Waals surface area contributed by atoms with Gasteiger partial charge in [-0.25, -0.2) is 0 Å². The number of H-pyrrole nitrogens is 1. The highest BCUT2D eigenvalue weighted by molar-refractivity contribution is 6.03. The summed E-state index contributed by atoms with van der Waals surface area (Å²) in [5.74, 6) is -1.09. The Morgan fingerprint density at radius 2 is 2.09 bits per heavy atom. The predicted octanol–water partition coefficient (Wildman–Crippen LogP) is 2.40. The highest BCUT2D eigenvalue weighted by atomic mass is 16.6.